The molecule has 0 radical (unpaired) electrons. The van der Waals surface area contributed by atoms with Crippen molar-refractivity contribution in [3.05, 3.63) is 80.3 Å². The number of benzene rings is 1. The van der Waals surface area contributed by atoms with E-state index in [0.717, 1.165) is 23.9 Å². The van der Waals surface area contributed by atoms with Crippen LogP contribution < -0.4 is 5.56 Å². The van der Waals surface area contributed by atoms with Crippen LogP contribution in [0.15, 0.2) is 52.0 Å². The van der Waals surface area contributed by atoms with Crippen molar-refractivity contribution in [3.63, 3.8) is 0 Å². The van der Waals surface area contributed by atoms with Crippen LogP contribution in [-0.4, -0.2) is 27.6 Å². The van der Waals surface area contributed by atoms with E-state index in [-0.39, 0.29) is 18.1 Å². The Morgan fingerprint density at radius 3 is 2.85 bits per heavy atom. The van der Waals surface area contributed by atoms with Gasteiger partial charge in [0.25, 0.3) is 11.2 Å². The molecule has 0 saturated heterocycles. The molecule has 0 unspecified atom stereocenters. The maximum atomic E-state index is 13.3. The highest BCUT2D eigenvalue weighted by Crippen LogP contribution is 2.20. The zero-order valence-electron chi connectivity index (χ0n) is 13.9. The molecule has 1 aromatic carbocycles. The number of methoxy groups -OCH3 is 1. The molecule has 0 aliphatic carbocycles. The fourth-order valence-corrected chi connectivity index (χ4v) is 2.40. The van der Waals surface area contributed by atoms with Crippen molar-refractivity contribution in [2.24, 2.45) is 0 Å². The average molecular weight is 373 g/mol. The predicted octanol–water partition coefficient (Wildman–Crippen LogP) is 2.39. The van der Waals surface area contributed by atoms with Crippen LogP contribution in [0.3, 0.4) is 0 Å². The van der Waals surface area contributed by atoms with Crippen LogP contribution in [0.5, 0.6) is 0 Å². The minimum absolute atomic E-state index is 0.121. The summed E-state index contributed by atoms with van der Waals surface area (Å²) in [4.78, 5) is 38.6. The molecule has 0 spiro atoms. The van der Waals surface area contributed by atoms with E-state index in [2.05, 4.69) is 9.72 Å². The van der Waals surface area contributed by atoms with Gasteiger partial charge in [0.2, 0.25) is 5.89 Å². The van der Waals surface area contributed by atoms with Gasteiger partial charge in [-0.3, -0.25) is 14.9 Å². The van der Waals surface area contributed by atoms with Gasteiger partial charge in [-0.25, -0.2) is 14.2 Å². The number of ether oxygens (including phenoxy) is 1. The van der Waals surface area contributed by atoms with Crippen molar-refractivity contribution in [1.82, 2.24) is 9.55 Å². The third kappa shape index (κ3) is 3.73. The number of hydrogen-bond donors (Lipinski definition) is 0. The third-order valence-electron chi connectivity index (χ3n) is 3.64. The van der Waals surface area contributed by atoms with Crippen LogP contribution in [-0.2, 0) is 11.3 Å². The lowest BCUT2D eigenvalue weighted by Crippen LogP contribution is -2.27. The lowest BCUT2D eigenvalue weighted by atomic mass is 10.2. The summed E-state index contributed by atoms with van der Waals surface area (Å²) in [6.45, 7) is -0.191. The van der Waals surface area contributed by atoms with Gasteiger partial charge in [-0.1, -0.05) is 6.07 Å². The molecule has 3 aromatic rings. The number of pyridine rings is 1. The molecular weight excluding hydrogens is 361 g/mol. The molecule has 27 heavy (non-hydrogen) atoms. The second-order valence-corrected chi connectivity index (χ2v) is 5.45. The lowest BCUT2D eigenvalue weighted by molar-refractivity contribution is -0.385. The SMILES string of the molecule is COC(=O)c1cc([N+](=O)[O-])cn(Cc2coc(-c3cccc(F)c3)n2)c1=O. The highest BCUT2D eigenvalue weighted by atomic mass is 19.1. The van der Waals surface area contributed by atoms with Gasteiger partial charge in [-0.05, 0) is 18.2 Å². The molecule has 0 saturated carbocycles. The zero-order chi connectivity index (χ0) is 19.6. The van der Waals surface area contributed by atoms with E-state index < -0.39 is 33.5 Å². The molecule has 0 N–H and O–H groups in total. The molecule has 0 atom stereocenters. The summed E-state index contributed by atoms with van der Waals surface area (Å²) >= 11 is 0. The van der Waals surface area contributed by atoms with Gasteiger partial charge in [0.1, 0.15) is 17.6 Å². The number of esters is 1. The van der Waals surface area contributed by atoms with Crippen LogP contribution in [0.25, 0.3) is 11.5 Å². The van der Waals surface area contributed by atoms with E-state index in [1.165, 1.54) is 24.5 Å². The monoisotopic (exact) mass is 373 g/mol. The second-order valence-electron chi connectivity index (χ2n) is 5.45. The Morgan fingerprint density at radius 1 is 1.41 bits per heavy atom. The second kappa shape index (κ2) is 7.20. The first-order valence-electron chi connectivity index (χ1n) is 7.56. The maximum Gasteiger partial charge on any atom is 0.343 e. The van der Waals surface area contributed by atoms with Crippen molar-refractivity contribution in [2.75, 3.05) is 7.11 Å². The van der Waals surface area contributed by atoms with Crippen molar-refractivity contribution in [2.45, 2.75) is 6.54 Å². The lowest BCUT2D eigenvalue weighted by Gasteiger charge is -2.06. The largest absolute Gasteiger partial charge is 0.465 e. The van der Waals surface area contributed by atoms with E-state index >= 15 is 0 Å². The number of nitro groups is 1. The molecule has 0 bridgehead atoms. The average Bonchev–Trinajstić information content (AvgIpc) is 3.11. The molecule has 0 aliphatic heterocycles. The Bertz CT molecular complexity index is 1090. The molecule has 10 heteroatoms. The number of nitrogens with zero attached hydrogens (tertiary/aromatic N) is 3. The van der Waals surface area contributed by atoms with Gasteiger partial charge in [-0.15, -0.1) is 0 Å². The molecular formula is C17H12FN3O6. The van der Waals surface area contributed by atoms with Crippen molar-refractivity contribution < 1.29 is 23.3 Å². The Hall–Kier alpha value is -3.82. The van der Waals surface area contributed by atoms with Crippen LogP contribution in [0, 0.1) is 15.9 Å². The van der Waals surface area contributed by atoms with Gasteiger partial charge < -0.3 is 13.7 Å². The summed E-state index contributed by atoms with van der Waals surface area (Å²) in [7, 11) is 1.06. The van der Waals surface area contributed by atoms with E-state index in [4.69, 9.17) is 4.42 Å². The van der Waals surface area contributed by atoms with Gasteiger partial charge in [-0.2, -0.15) is 0 Å². The summed E-state index contributed by atoms with van der Waals surface area (Å²) in [5.74, 6) is -1.33. The molecule has 138 valence electrons. The summed E-state index contributed by atoms with van der Waals surface area (Å²) in [6, 6.07) is 6.43. The van der Waals surface area contributed by atoms with Gasteiger partial charge in [0.05, 0.1) is 30.5 Å². The molecule has 0 fully saturated rings. The smallest absolute Gasteiger partial charge is 0.343 e. The van der Waals surface area contributed by atoms with Crippen molar-refractivity contribution >= 4 is 11.7 Å². The Kier molecular flexibility index (Phi) is 4.79. The quantitative estimate of drug-likeness (QED) is 0.383. The Balaban J connectivity index is 1.98. The Morgan fingerprint density at radius 2 is 2.19 bits per heavy atom. The number of carbonyl (C=O) groups excluding carboxylic acids is 1. The molecule has 0 amide bonds. The third-order valence-corrected chi connectivity index (χ3v) is 3.64. The van der Waals surface area contributed by atoms with E-state index in [9.17, 15) is 24.1 Å². The number of oxazole rings is 1. The molecule has 2 aromatic heterocycles. The van der Waals surface area contributed by atoms with E-state index in [1.54, 1.807) is 6.07 Å². The highest BCUT2D eigenvalue weighted by molar-refractivity contribution is 5.89. The summed E-state index contributed by atoms with van der Waals surface area (Å²) in [5, 5.41) is 11.1. The predicted molar refractivity (Wildman–Crippen MR) is 89.7 cm³/mol. The number of aromatic nitrogens is 2. The van der Waals surface area contributed by atoms with Crippen LogP contribution in [0.1, 0.15) is 16.1 Å². The Labute approximate surface area is 150 Å². The van der Waals surface area contributed by atoms with Crippen LogP contribution in [0.4, 0.5) is 10.1 Å². The number of carbonyl (C=O) groups is 1. The van der Waals surface area contributed by atoms with Gasteiger partial charge in [0, 0.05) is 11.6 Å². The first-order valence-corrected chi connectivity index (χ1v) is 7.56. The summed E-state index contributed by atoms with van der Waals surface area (Å²) in [6.07, 6.45) is 2.23. The van der Waals surface area contributed by atoms with E-state index in [1.807, 2.05) is 0 Å². The first-order chi connectivity index (χ1) is 12.9. The molecule has 3 rings (SSSR count). The summed E-state index contributed by atoms with van der Waals surface area (Å²) < 4.78 is 24.0. The number of hydrogen-bond acceptors (Lipinski definition) is 7. The minimum Gasteiger partial charge on any atom is -0.465 e. The van der Waals surface area contributed by atoms with Gasteiger partial charge in [0.15, 0.2) is 0 Å². The molecule has 0 aliphatic rings. The van der Waals surface area contributed by atoms with Gasteiger partial charge >= 0.3 is 5.97 Å². The van der Waals surface area contributed by atoms with Crippen LogP contribution in [0.2, 0.25) is 0 Å². The summed E-state index contributed by atoms with van der Waals surface area (Å²) in [5.41, 5.74) is -1.05. The zero-order valence-corrected chi connectivity index (χ0v) is 13.9. The van der Waals surface area contributed by atoms with Crippen molar-refractivity contribution in [1.29, 1.82) is 0 Å². The normalized spacial score (nSPS) is 10.6. The number of halogens is 1. The fraction of sp³-hybridized carbons (Fsp3) is 0.118. The maximum absolute atomic E-state index is 13.3. The number of rotatable bonds is 5. The van der Waals surface area contributed by atoms with Crippen molar-refractivity contribution in [3.8, 4) is 11.5 Å². The first kappa shape index (κ1) is 18.0. The topological polar surface area (TPSA) is 117 Å². The molecule has 2 heterocycles. The van der Waals surface area contributed by atoms with Crippen LogP contribution >= 0.6 is 0 Å². The van der Waals surface area contributed by atoms with E-state index in [0.29, 0.717) is 5.56 Å². The minimum atomic E-state index is -0.988. The standard InChI is InChI=1S/C17H12FN3O6/c1-26-17(23)14-6-13(21(24)25)8-20(16(14)22)7-12-9-27-15(19-12)10-3-2-4-11(18)5-10/h2-6,8-9H,7H2,1H3. The molecule has 9 nitrogen and oxygen atoms in total. The highest BCUT2D eigenvalue weighted by Gasteiger charge is 2.20. The fourth-order valence-electron chi connectivity index (χ4n) is 2.40.